The lowest BCUT2D eigenvalue weighted by Crippen LogP contribution is -2.26. The Hall–Kier alpha value is -7.42. The van der Waals surface area contributed by atoms with E-state index in [4.69, 9.17) is 0 Å². The van der Waals surface area contributed by atoms with Crippen molar-refractivity contribution in [2.75, 3.05) is 16.8 Å². The average Bonchev–Trinajstić information content (AvgIpc) is 3.82. The Morgan fingerprint density at radius 2 is 0.873 bits per heavy atom. The normalized spacial score (nSPS) is 13.8. The predicted molar refractivity (Wildman–Crippen MR) is 340 cm³/mol. The number of aryl methyl sites for hydroxylation is 3. The van der Waals surface area contributed by atoms with Crippen molar-refractivity contribution in [3.8, 4) is 44.5 Å². The van der Waals surface area contributed by atoms with Crippen LogP contribution in [0.1, 0.15) is 144 Å². The van der Waals surface area contributed by atoms with Crippen molar-refractivity contribution in [1.29, 1.82) is 0 Å². The van der Waals surface area contributed by atoms with Crippen molar-refractivity contribution in [3.63, 3.8) is 0 Å². The molecule has 0 heterocycles. The van der Waals surface area contributed by atoms with Gasteiger partial charge >= 0.3 is 0 Å². The van der Waals surface area contributed by atoms with Gasteiger partial charge in [-0.1, -0.05) is 237 Å². The van der Waals surface area contributed by atoms with Crippen LogP contribution in [-0.2, 0) is 23.7 Å². The molecule has 2 heteroatoms. The number of rotatable bonds is 22. The molecule has 1 unspecified atom stereocenters. The van der Waals surface area contributed by atoms with E-state index in [0.29, 0.717) is 5.92 Å². The molecular formula is C77H82N2. The molecule has 79 heavy (non-hydrogen) atoms. The molecule has 0 aliphatic heterocycles. The average molecular weight is 1040 g/mol. The van der Waals surface area contributed by atoms with Gasteiger partial charge in [-0.05, 0) is 183 Å². The summed E-state index contributed by atoms with van der Waals surface area (Å²) in [6.45, 7) is 13.9. The maximum Gasteiger partial charge on any atom is 0.0465 e. The Balaban J connectivity index is 0.895. The molecule has 400 valence electrons. The highest BCUT2D eigenvalue weighted by Gasteiger charge is 2.43. The summed E-state index contributed by atoms with van der Waals surface area (Å²) in [7, 11) is 2.25. The third kappa shape index (κ3) is 11.0. The molecule has 0 bridgehead atoms. The molecule has 0 fully saturated rings. The lowest BCUT2D eigenvalue weighted by atomic mass is 9.70. The molecule has 0 amide bonds. The molecule has 0 radical (unpaired) electrons. The molecule has 0 N–H and O–H groups in total. The van der Waals surface area contributed by atoms with Gasteiger partial charge in [0.15, 0.2) is 0 Å². The minimum atomic E-state index is -0.105. The second-order valence-electron chi connectivity index (χ2n) is 23.9. The minimum Gasteiger partial charge on any atom is -0.345 e. The van der Waals surface area contributed by atoms with E-state index in [9.17, 15) is 0 Å². The SMILES string of the molecule is CCCCCCC1(CCCCCC)c2cc(N(C)c3ccc(-c4ccc(C(C)(CC(C)C)c5ccc(-c6ccc(C)cc6)cc5)cc4)cc3)ccc2-c2ccc(N(c3ccccc3)c3ccc(-c4ccc5c(c4)CC5)cc3)cc21. The number of hydrogen-bond acceptors (Lipinski definition) is 2. The number of unbranched alkanes of at least 4 members (excludes halogenated alkanes) is 6. The Labute approximate surface area is 474 Å². The first-order chi connectivity index (χ1) is 38.5. The van der Waals surface area contributed by atoms with Crippen molar-refractivity contribution in [3.05, 3.63) is 245 Å². The van der Waals surface area contributed by atoms with E-state index in [-0.39, 0.29) is 10.8 Å². The van der Waals surface area contributed by atoms with E-state index in [0.717, 1.165) is 19.3 Å². The largest absolute Gasteiger partial charge is 0.345 e. The Kier molecular flexibility index (Phi) is 15.9. The molecule has 9 aromatic rings. The number of para-hydroxylation sites is 1. The lowest BCUT2D eigenvalue weighted by molar-refractivity contribution is 0.401. The van der Waals surface area contributed by atoms with E-state index in [1.54, 1.807) is 0 Å². The van der Waals surface area contributed by atoms with Gasteiger partial charge in [0, 0.05) is 46.3 Å². The second-order valence-corrected chi connectivity index (χ2v) is 23.9. The first-order valence-electron chi connectivity index (χ1n) is 30.0. The molecule has 0 saturated carbocycles. The van der Waals surface area contributed by atoms with E-state index >= 15 is 0 Å². The number of nitrogens with zero attached hydrogens (tertiary/aromatic N) is 2. The highest BCUT2D eigenvalue weighted by atomic mass is 15.1. The highest BCUT2D eigenvalue weighted by Crippen LogP contribution is 2.57. The zero-order valence-electron chi connectivity index (χ0n) is 48.3. The van der Waals surface area contributed by atoms with Crippen molar-refractivity contribution in [2.24, 2.45) is 5.92 Å². The van der Waals surface area contributed by atoms with Crippen LogP contribution in [0.25, 0.3) is 44.5 Å². The van der Waals surface area contributed by atoms with E-state index in [1.165, 1.54) is 176 Å². The van der Waals surface area contributed by atoms with Gasteiger partial charge in [-0.15, -0.1) is 0 Å². The van der Waals surface area contributed by atoms with Crippen LogP contribution in [-0.4, -0.2) is 7.05 Å². The van der Waals surface area contributed by atoms with Gasteiger partial charge in [-0.3, -0.25) is 0 Å². The molecule has 2 aliphatic rings. The Bertz CT molecular complexity index is 3460. The van der Waals surface area contributed by atoms with Crippen molar-refractivity contribution in [2.45, 2.75) is 136 Å². The molecule has 11 rings (SSSR count). The number of fused-ring (bicyclic) bond motifs is 4. The summed E-state index contributed by atoms with van der Waals surface area (Å²) in [6.07, 6.45) is 15.8. The minimum absolute atomic E-state index is 0.0910. The summed E-state index contributed by atoms with van der Waals surface area (Å²) in [5.74, 6) is 0.550. The second kappa shape index (κ2) is 23.5. The predicted octanol–water partition coefficient (Wildman–Crippen LogP) is 21.9. The van der Waals surface area contributed by atoms with Gasteiger partial charge in [-0.25, -0.2) is 0 Å². The Morgan fingerprint density at radius 3 is 1.38 bits per heavy atom. The summed E-state index contributed by atoms with van der Waals surface area (Å²) in [4.78, 5) is 4.89. The zero-order valence-corrected chi connectivity index (χ0v) is 48.3. The van der Waals surface area contributed by atoms with Gasteiger partial charge in [0.1, 0.15) is 0 Å². The van der Waals surface area contributed by atoms with Gasteiger partial charge in [0.2, 0.25) is 0 Å². The third-order valence-corrected chi connectivity index (χ3v) is 18.1. The quantitative estimate of drug-likeness (QED) is 0.0624. The van der Waals surface area contributed by atoms with Gasteiger partial charge in [0.25, 0.3) is 0 Å². The van der Waals surface area contributed by atoms with Gasteiger partial charge in [0.05, 0.1) is 0 Å². The zero-order chi connectivity index (χ0) is 54.5. The van der Waals surface area contributed by atoms with Crippen LogP contribution in [0.4, 0.5) is 28.4 Å². The molecule has 0 aromatic heterocycles. The van der Waals surface area contributed by atoms with Crippen LogP contribution < -0.4 is 9.80 Å². The standard InChI is InChI=1S/C77H82N2/c1-8-10-12-17-49-77(50-18-13-11-9-2)74-52-70(45-47-72(74)73-48-46-71(53-75(73)77)79(68-19-15-14-16-20-68)69-43-35-62(36-44-69)64-28-26-61-25-27-63(61)51-64)78(7)67-41-33-60(34-42-67)59-31-39-66(40-32-59)76(6,54-55(3)4)65-37-29-58(30-38-65)57-23-21-56(5)22-24-57/h14-16,19-24,26,28-48,51-53,55H,8-13,17-18,25,27,49-50,54H2,1-7H3. The molecule has 9 aromatic carbocycles. The van der Waals surface area contributed by atoms with E-state index in [2.05, 4.69) is 265 Å². The third-order valence-electron chi connectivity index (χ3n) is 18.1. The van der Waals surface area contributed by atoms with Crippen LogP contribution in [0, 0.1) is 12.8 Å². The smallest absolute Gasteiger partial charge is 0.0465 e. The van der Waals surface area contributed by atoms with Crippen LogP contribution in [0.3, 0.4) is 0 Å². The topological polar surface area (TPSA) is 6.48 Å². The summed E-state index contributed by atoms with van der Waals surface area (Å²) in [6, 6.07) is 79.0. The van der Waals surface area contributed by atoms with Crippen LogP contribution >= 0.6 is 0 Å². The highest BCUT2D eigenvalue weighted by molar-refractivity contribution is 5.88. The number of anilines is 5. The Morgan fingerprint density at radius 1 is 0.430 bits per heavy atom. The first kappa shape index (κ1) is 53.6. The maximum atomic E-state index is 2.59. The van der Waals surface area contributed by atoms with Crippen LogP contribution in [0.5, 0.6) is 0 Å². The van der Waals surface area contributed by atoms with Gasteiger partial charge < -0.3 is 9.80 Å². The van der Waals surface area contributed by atoms with Crippen molar-refractivity contribution in [1.82, 2.24) is 0 Å². The lowest BCUT2D eigenvalue weighted by Gasteiger charge is -2.35. The van der Waals surface area contributed by atoms with Crippen molar-refractivity contribution < 1.29 is 0 Å². The van der Waals surface area contributed by atoms with E-state index < -0.39 is 0 Å². The monoisotopic (exact) mass is 1030 g/mol. The summed E-state index contributed by atoms with van der Waals surface area (Å²) in [5, 5.41) is 0. The molecule has 2 nitrogen and oxygen atoms in total. The van der Waals surface area contributed by atoms with Crippen LogP contribution in [0.15, 0.2) is 206 Å². The fraction of sp³-hybridized carbons (Fsp3) is 0.299. The number of benzene rings is 9. The molecule has 0 spiro atoms. The van der Waals surface area contributed by atoms with E-state index in [1.807, 2.05) is 0 Å². The molecular weight excluding hydrogens is 953 g/mol. The molecule has 0 saturated heterocycles. The summed E-state index contributed by atoms with van der Waals surface area (Å²) < 4.78 is 0. The molecule has 1 atom stereocenters. The molecule has 2 aliphatic carbocycles. The van der Waals surface area contributed by atoms with Crippen molar-refractivity contribution >= 4 is 28.4 Å². The fourth-order valence-electron chi connectivity index (χ4n) is 13.4. The fourth-order valence-corrected chi connectivity index (χ4v) is 13.4. The summed E-state index contributed by atoms with van der Waals surface area (Å²) >= 11 is 0. The van der Waals surface area contributed by atoms with Crippen LogP contribution in [0.2, 0.25) is 0 Å². The maximum absolute atomic E-state index is 2.59. The number of hydrogen-bond donors (Lipinski definition) is 0. The first-order valence-corrected chi connectivity index (χ1v) is 30.0. The summed E-state index contributed by atoms with van der Waals surface area (Å²) in [5.41, 5.74) is 26.2. The van der Waals surface area contributed by atoms with Gasteiger partial charge in [-0.2, -0.15) is 0 Å².